The summed E-state index contributed by atoms with van der Waals surface area (Å²) in [6, 6.07) is 25.8. The van der Waals surface area contributed by atoms with E-state index in [0.717, 1.165) is 21.0 Å². The standard InChI is InChI=1S/C36H40FN3O4S/c1-25(2)38-36(42)34(22-29-9-7-6-8-10-29)39(23-30-15-17-31(37)18-16-30)35(41)24-40(33-21-27(4)11-14-28(33)5)45(43,44)32-19-12-26(3)13-20-32/h6-21,25,34H,22-24H2,1-5H3,(H,38,42)/t34-/m1/s1. The van der Waals surface area contributed by atoms with Crippen LogP contribution in [0.5, 0.6) is 0 Å². The normalized spacial score (nSPS) is 12.1. The maximum absolute atomic E-state index is 14.5. The molecule has 4 aromatic carbocycles. The summed E-state index contributed by atoms with van der Waals surface area (Å²) in [6.07, 6.45) is 0.195. The topological polar surface area (TPSA) is 86.8 Å². The largest absolute Gasteiger partial charge is 0.352 e. The Labute approximate surface area is 265 Å². The molecule has 1 N–H and O–H groups in total. The molecule has 45 heavy (non-hydrogen) atoms. The lowest BCUT2D eigenvalue weighted by Crippen LogP contribution is -2.54. The third kappa shape index (κ3) is 8.57. The zero-order valence-corrected chi connectivity index (χ0v) is 27.1. The highest BCUT2D eigenvalue weighted by molar-refractivity contribution is 7.92. The molecule has 1 atom stereocenters. The highest BCUT2D eigenvalue weighted by atomic mass is 32.2. The summed E-state index contributed by atoms with van der Waals surface area (Å²) in [4.78, 5) is 29.7. The van der Waals surface area contributed by atoms with Crippen LogP contribution in [0, 0.1) is 26.6 Å². The van der Waals surface area contributed by atoms with Gasteiger partial charge in [0, 0.05) is 19.0 Å². The van der Waals surface area contributed by atoms with Gasteiger partial charge in [-0.05, 0) is 87.2 Å². The molecular formula is C36H40FN3O4S. The van der Waals surface area contributed by atoms with Crippen LogP contribution in [0.1, 0.15) is 41.7 Å². The molecule has 0 aliphatic rings. The Morgan fingerprint density at radius 1 is 0.800 bits per heavy atom. The predicted molar refractivity (Wildman–Crippen MR) is 176 cm³/mol. The lowest BCUT2D eigenvalue weighted by Gasteiger charge is -2.34. The maximum Gasteiger partial charge on any atom is 0.264 e. The molecule has 0 unspecified atom stereocenters. The monoisotopic (exact) mass is 629 g/mol. The molecule has 0 saturated carbocycles. The van der Waals surface area contributed by atoms with Gasteiger partial charge in [-0.2, -0.15) is 0 Å². The van der Waals surface area contributed by atoms with Crippen molar-refractivity contribution in [3.05, 3.63) is 131 Å². The lowest BCUT2D eigenvalue weighted by molar-refractivity contribution is -0.140. The smallest absolute Gasteiger partial charge is 0.264 e. The molecule has 4 rings (SSSR count). The highest BCUT2D eigenvalue weighted by Crippen LogP contribution is 2.29. The van der Waals surface area contributed by atoms with E-state index in [-0.39, 0.29) is 29.8 Å². The molecule has 7 nitrogen and oxygen atoms in total. The summed E-state index contributed by atoms with van der Waals surface area (Å²) in [5.74, 6) is -1.37. The van der Waals surface area contributed by atoms with Gasteiger partial charge in [0.1, 0.15) is 18.4 Å². The van der Waals surface area contributed by atoms with Crippen LogP contribution in [0.4, 0.5) is 10.1 Å². The van der Waals surface area contributed by atoms with Crippen LogP contribution in [-0.2, 0) is 32.6 Å². The van der Waals surface area contributed by atoms with Gasteiger partial charge in [-0.25, -0.2) is 12.8 Å². The molecule has 0 aliphatic carbocycles. The number of aryl methyl sites for hydroxylation is 3. The van der Waals surface area contributed by atoms with E-state index < -0.39 is 34.3 Å². The second-order valence-corrected chi connectivity index (χ2v) is 13.5. The van der Waals surface area contributed by atoms with E-state index >= 15 is 0 Å². The first-order valence-electron chi connectivity index (χ1n) is 14.9. The van der Waals surface area contributed by atoms with Crippen molar-refractivity contribution >= 4 is 27.5 Å². The number of rotatable bonds is 12. The van der Waals surface area contributed by atoms with Crippen molar-refractivity contribution in [2.24, 2.45) is 0 Å². The Bertz CT molecular complexity index is 1720. The zero-order chi connectivity index (χ0) is 32.7. The molecule has 0 aromatic heterocycles. The second kappa shape index (κ2) is 14.5. The Kier molecular flexibility index (Phi) is 10.8. The number of hydrogen-bond donors (Lipinski definition) is 1. The minimum absolute atomic E-state index is 0.0344. The van der Waals surface area contributed by atoms with Gasteiger partial charge in [0.25, 0.3) is 10.0 Å². The van der Waals surface area contributed by atoms with Gasteiger partial charge < -0.3 is 10.2 Å². The fourth-order valence-electron chi connectivity index (χ4n) is 5.06. The predicted octanol–water partition coefficient (Wildman–Crippen LogP) is 6.11. The molecule has 236 valence electrons. The molecular weight excluding hydrogens is 589 g/mol. The summed E-state index contributed by atoms with van der Waals surface area (Å²) in [5, 5.41) is 2.93. The van der Waals surface area contributed by atoms with Crippen molar-refractivity contribution in [2.75, 3.05) is 10.8 Å². The summed E-state index contributed by atoms with van der Waals surface area (Å²) >= 11 is 0. The summed E-state index contributed by atoms with van der Waals surface area (Å²) < 4.78 is 43.4. The molecule has 0 fully saturated rings. The fraction of sp³-hybridized carbons (Fsp3) is 0.278. The van der Waals surface area contributed by atoms with E-state index in [0.29, 0.717) is 16.8 Å². The third-order valence-electron chi connectivity index (χ3n) is 7.49. The first-order chi connectivity index (χ1) is 21.3. The molecule has 0 saturated heterocycles. The number of halogens is 1. The number of amides is 2. The van der Waals surface area contributed by atoms with Gasteiger partial charge in [0.15, 0.2) is 0 Å². The molecule has 4 aromatic rings. The van der Waals surface area contributed by atoms with Gasteiger partial charge >= 0.3 is 0 Å². The summed E-state index contributed by atoms with van der Waals surface area (Å²) in [7, 11) is -4.21. The molecule has 0 heterocycles. The number of benzene rings is 4. The SMILES string of the molecule is Cc1ccc(S(=O)(=O)N(CC(=O)N(Cc2ccc(F)cc2)[C@H](Cc2ccccc2)C(=O)NC(C)C)c2cc(C)ccc2C)cc1. The Hall–Kier alpha value is -4.50. The summed E-state index contributed by atoms with van der Waals surface area (Å²) in [5.41, 5.74) is 4.20. The number of anilines is 1. The van der Waals surface area contributed by atoms with Gasteiger partial charge in [-0.15, -0.1) is 0 Å². The van der Waals surface area contributed by atoms with Gasteiger partial charge in [0.2, 0.25) is 11.8 Å². The Balaban J connectivity index is 1.83. The fourth-order valence-corrected chi connectivity index (χ4v) is 6.53. The van der Waals surface area contributed by atoms with Crippen molar-refractivity contribution in [3.63, 3.8) is 0 Å². The quantitative estimate of drug-likeness (QED) is 0.205. The first kappa shape index (κ1) is 33.4. The highest BCUT2D eigenvalue weighted by Gasteiger charge is 2.35. The van der Waals surface area contributed by atoms with E-state index in [2.05, 4.69) is 5.32 Å². The molecule has 0 radical (unpaired) electrons. The number of carbonyl (C=O) groups excluding carboxylic acids is 2. The zero-order valence-electron chi connectivity index (χ0n) is 26.3. The molecule has 0 bridgehead atoms. The van der Waals surface area contributed by atoms with Crippen molar-refractivity contribution < 1.29 is 22.4 Å². The van der Waals surface area contributed by atoms with Crippen LogP contribution < -0.4 is 9.62 Å². The lowest BCUT2D eigenvalue weighted by atomic mass is 10.0. The maximum atomic E-state index is 14.5. The van der Waals surface area contributed by atoms with Crippen LogP contribution in [0.3, 0.4) is 0 Å². The first-order valence-corrected chi connectivity index (χ1v) is 16.3. The molecule has 2 amide bonds. The van der Waals surface area contributed by atoms with Crippen molar-refractivity contribution in [1.82, 2.24) is 10.2 Å². The van der Waals surface area contributed by atoms with Gasteiger partial charge in [-0.1, -0.05) is 72.3 Å². The average molecular weight is 630 g/mol. The van der Waals surface area contributed by atoms with Gasteiger partial charge in [0.05, 0.1) is 10.6 Å². The van der Waals surface area contributed by atoms with E-state index in [1.807, 2.05) is 70.2 Å². The van der Waals surface area contributed by atoms with Crippen molar-refractivity contribution in [3.8, 4) is 0 Å². The number of nitrogens with one attached hydrogen (secondary N) is 1. The van der Waals surface area contributed by atoms with E-state index in [9.17, 15) is 22.4 Å². The van der Waals surface area contributed by atoms with Crippen LogP contribution in [-0.4, -0.2) is 43.8 Å². The van der Waals surface area contributed by atoms with E-state index in [1.54, 1.807) is 37.3 Å². The molecule has 9 heteroatoms. The number of carbonyl (C=O) groups is 2. The number of hydrogen-bond acceptors (Lipinski definition) is 4. The average Bonchev–Trinajstić information content (AvgIpc) is 3.00. The molecule has 0 spiro atoms. The third-order valence-corrected chi connectivity index (χ3v) is 9.26. The van der Waals surface area contributed by atoms with E-state index in [4.69, 9.17) is 0 Å². The Morgan fingerprint density at radius 2 is 1.42 bits per heavy atom. The summed E-state index contributed by atoms with van der Waals surface area (Å²) in [6.45, 7) is 8.59. The second-order valence-electron chi connectivity index (χ2n) is 11.6. The van der Waals surface area contributed by atoms with Gasteiger partial charge in [-0.3, -0.25) is 13.9 Å². The van der Waals surface area contributed by atoms with Crippen LogP contribution in [0.25, 0.3) is 0 Å². The van der Waals surface area contributed by atoms with Crippen LogP contribution >= 0.6 is 0 Å². The number of sulfonamides is 1. The van der Waals surface area contributed by atoms with Crippen LogP contribution in [0.15, 0.2) is 102 Å². The van der Waals surface area contributed by atoms with Crippen molar-refractivity contribution in [1.29, 1.82) is 0 Å². The van der Waals surface area contributed by atoms with Crippen molar-refractivity contribution in [2.45, 2.75) is 64.6 Å². The molecule has 0 aliphatic heterocycles. The minimum atomic E-state index is -4.21. The Morgan fingerprint density at radius 3 is 2.04 bits per heavy atom. The van der Waals surface area contributed by atoms with E-state index in [1.165, 1.54) is 29.2 Å². The number of nitrogens with zero attached hydrogens (tertiary/aromatic N) is 2. The minimum Gasteiger partial charge on any atom is -0.352 e. The van der Waals surface area contributed by atoms with Crippen LogP contribution in [0.2, 0.25) is 0 Å².